The second-order valence-electron chi connectivity index (χ2n) is 6.14. The summed E-state index contributed by atoms with van der Waals surface area (Å²) >= 11 is 0. The largest absolute Gasteiger partial charge is 0.346 e. The Balaban J connectivity index is 1.51. The van der Waals surface area contributed by atoms with Crippen molar-refractivity contribution in [3.8, 4) is 0 Å². The Bertz CT molecular complexity index is 892. The quantitative estimate of drug-likeness (QED) is 0.773. The highest BCUT2D eigenvalue weighted by Gasteiger charge is 2.25. The maximum absolute atomic E-state index is 12.8. The zero-order valence-electron chi connectivity index (χ0n) is 14.0. The molecule has 128 valence electrons. The van der Waals surface area contributed by atoms with Gasteiger partial charge in [0, 0.05) is 43.9 Å². The number of piperidine rings is 1. The number of aryl methyl sites for hydroxylation is 1. The van der Waals surface area contributed by atoms with E-state index in [4.69, 9.17) is 0 Å². The van der Waals surface area contributed by atoms with Crippen molar-refractivity contribution in [3.05, 3.63) is 48.3 Å². The highest BCUT2D eigenvalue weighted by Crippen LogP contribution is 2.16. The van der Waals surface area contributed by atoms with Crippen molar-refractivity contribution in [2.75, 3.05) is 18.0 Å². The first-order chi connectivity index (χ1) is 12.2. The summed E-state index contributed by atoms with van der Waals surface area (Å²) in [5.74, 6) is 1.11. The zero-order chi connectivity index (χ0) is 17.2. The van der Waals surface area contributed by atoms with Gasteiger partial charge in [0.05, 0.1) is 5.69 Å². The van der Waals surface area contributed by atoms with E-state index in [1.165, 1.54) is 0 Å². The highest BCUT2D eigenvalue weighted by molar-refractivity contribution is 5.94. The minimum Gasteiger partial charge on any atom is -0.346 e. The fourth-order valence-corrected chi connectivity index (χ4v) is 3.26. The summed E-state index contributed by atoms with van der Waals surface area (Å²) in [5, 5.41) is 3.13. The number of hydrogen-bond donors (Lipinski definition) is 1. The maximum atomic E-state index is 12.8. The minimum absolute atomic E-state index is 0.0478. The van der Waals surface area contributed by atoms with Crippen LogP contribution in [0, 0.1) is 6.92 Å². The number of nitrogens with zero attached hydrogens (tertiary/aromatic N) is 6. The molecule has 1 N–H and O–H groups in total. The van der Waals surface area contributed by atoms with Gasteiger partial charge in [-0.25, -0.2) is 19.9 Å². The van der Waals surface area contributed by atoms with Crippen molar-refractivity contribution in [2.45, 2.75) is 25.8 Å². The van der Waals surface area contributed by atoms with Gasteiger partial charge in [-0.1, -0.05) is 0 Å². The molecule has 0 aliphatic carbocycles. The fraction of sp³-hybridized carbons (Fsp3) is 0.353. The molecule has 0 bridgehead atoms. The summed E-state index contributed by atoms with van der Waals surface area (Å²) in [6, 6.07) is 3.64. The van der Waals surface area contributed by atoms with Crippen LogP contribution in [0.2, 0.25) is 0 Å². The van der Waals surface area contributed by atoms with E-state index in [-0.39, 0.29) is 11.9 Å². The zero-order valence-corrected chi connectivity index (χ0v) is 14.0. The average Bonchev–Trinajstić information content (AvgIpc) is 2.98. The lowest BCUT2D eigenvalue weighted by atomic mass is 10.1. The van der Waals surface area contributed by atoms with Crippen molar-refractivity contribution < 1.29 is 4.79 Å². The summed E-state index contributed by atoms with van der Waals surface area (Å²) < 4.78 is 1.73. The van der Waals surface area contributed by atoms with Gasteiger partial charge in [-0.15, -0.1) is 0 Å². The second-order valence-corrected chi connectivity index (χ2v) is 6.14. The Morgan fingerprint density at radius 3 is 2.84 bits per heavy atom. The number of fused-ring (bicyclic) bond motifs is 1. The van der Waals surface area contributed by atoms with Crippen molar-refractivity contribution >= 4 is 17.6 Å². The van der Waals surface area contributed by atoms with Crippen LogP contribution < -0.4 is 10.2 Å². The van der Waals surface area contributed by atoms with Gasteiger partial charge in [-0.3, -0.25) is 9.20 Å². The SMILES string of the molecule is Cc1nc2ncccn2c1C(=O)N[C@H]1CCCN(c2ncccn2)C1. The number of imidazole rings is 1. The van der Waals surface area contributed by atoms with Gasteiger partial charge >= 0.3 is 0 Å². The molecule has 3 aromatic heterocycles. The normalized spacial score (nSPS) is 17.6. The number of aromatic nitrogens is 5. The first kappa shape index (κ1) is 15.5. The number of carbonyl (C=O) groups is 1. The minimum atomic E-state index is -0.126. The van der Waals surface area contributed by atoms with Gasteiger partial charge < -0.3 is 10.2 Å². The number of carbonyl (C=O) groups excluding carboxylic acids is 1. The molecule has 1 saturated heterocycles. The standard InChI is InChI=1S/C17H19N7O/c1-12-14(24-10-4-8-20-17(24)21-12)15(25)22-13-5-2-9-23(11-13)16-18-6-3-7-19-16/h3-4,6-8,10,13H,2,5,9,11H2,1H3,(H,22,25)/t13-/m0/s1. The van der Waals surface area contributed by atoms with Crippen molar-refractivity contribution in [1.82, 2.24) is 29.7 Å². The Morgan fingerprint density at radius 1 is 1.20 bits per heavy atom. The topological polar surface area (TPSA) is 88.3 Å². The van der Waals surface area contributed by atoms with Crippen molar-refractivity contribution in [3.63, 3.8) is 0 Å². The van der Waals surface area contributed by atoms with Crippen LogP contribution in [0.3, 0.4) is 0 Å². The molecule has 1 atom stereocenters. The molecule has 0 unspecified atom stereocenters. The third-order valence-electron chi connectivity index (χ3n) is 4.38. The molecular weight excluding hydrogens is 318 g/mol. The molecular formula is C17H19N7O. The summed E-state index contributed by atoms with van der Waals surface area (Å²) in [6.45, 7) is 3.42. The number of rotatable bonds is 3. The Hall–Kier alpha value is -3.03. The van der Waals surface area contributed by atoms with E-state index in [1.807, 2.05) is 13.1 Å². The molecule has 3 aromatic rings. The third-order valence-corrected chi connectivity index (χ3v) is 4.38. The smallest absolute Gasteiger partial charge is 0.270 e. The number of nitrogens with one attached hydrogen (secondary N) is 1. The predicted octanol–water partition coefficient (Wildman–Crippen LogP) is 1.23. The lowest BCUT2D eigenvalue weighted by Gasteiger charge is -2.33. The maximum Gasteiger partial charge on any atom is 0.270 e. The van der Waals surface area contributed by atoms with E-state index in [2.05, 4.69) is 30.2 Å². The average molecular weight is 337 g/mol. The summed E-state index contributed by atoms with van der Waals surface area (Å²) in [5.41, 5.74) is 1.21. The van der Waals surface area contributed by atoms with E-state index in [9.17, 15) is 4.79 Å². The van der Waals surface area contributed by atoms with E-state index in [1.54, 1.807) is 35.1 Å². The molecule has 1 amide bonds. The Kier molecular flexibility index (Phi) is 4.01. The fourth-order valence-electron chi connectivity index (χ4n) is 3.26. The predicted molar refractivity (Wildman–Crippen MR) is 92.5 cm³/mol. The summed E-state index contributed by atoms with van der Waals surface area (Å²) in [6.07, 6.45) is 8.86. The molecule has 1 aliphatic rings. The first-order valence-electron chi connectivity index (χ1n) is 8.35. The van der Waals surface area contributed by atoms with E-state index in [0.29, 0.717) is 29.7 Å². The van der Waals surface area contributed by atoms with Crippen LogP contribution in [-0.2, 0) is 0 Å². The number of amides is 1. The molecule has 0 radical (unpaired) electrons. The Morgan fingerprint density at radius 2 is 2.00 bits per heavy atom. The van der Waals surface area contributed by atoms with Crippen LogP contribution in [0.4, 0.5) is 5.95 Å². The molecule has 25 heavy (non-hydrogen) atoms. The van der Waals surface area contributed by atoms with E-state index in [0.717, 1.165) is 19.4 Å². The molecule has 0 spiro atoms. The van der Waals surface area contributed by atoms with Crippen LogP contribution >= 0.6 is 0 Å². The van der Waals surface area contributed by atoms with Crippen molar-refractivity contribution in [2.24, 2.45) is 0 Å². The van der Waals surface area contributed by atoms with Gasteiger partial charge in [0.15, 0.2) is 0 Å². The summed E-state index contributed by atoms with van der Waals surface area (Å²) in [7, 11) is 0. The molecule has 0 saturated carbocycles. The van der Waals surface area contributed by atoms with E-state index >= 15 is 0 Å². The lowest BCUT2D eigenvalue weighted by Crippen LogP contribution is -2.48. The van der Waals surface area contributed by atoms with Gasteiger partial charge in [-0.05, 0) is 31.9 Å². The van der Waals surface area contributed by atoms with Crippen LogP contribution in [-0.4, -0.2) is 49.4 Å². The first-order valence-corrected chi connectivity index (χ1v) is 8.35. The van der Waals surface area contributed by atoms with Crippen LogP contribution in [0.1, 0.15) is 29.0 Å². The molecule has 8 heteroatoms. The molecule has 1 fully saturated rings. The molecule has 8 nitrogen and oxygen atoms in total. The van der Waals surface area contributed by atoms with Crippen LogP contribution in [0.25, 0.3) is 5.78 Å². The highest BCUT2D eigenvalue weighted by atomic mass is 16.2. The summed E-state index contributed by atoms with van der Waals surface area (Å²) in [4.78, 5) is 32.1. The van der Waals surface area contributed by atoms with Gasteiger partial charge in [0.25, 0.3) is 5.91 Å². The van der Waals surface area contributed by atoms with E-state index < -0.39 is 0 Å². The monoisotopic (exact) mass is 337 g/mol. The molecule has 1 aliphatic heterocycles. The van der Waals surface area contributed by atoms with Gasteiger partial charge in [0.2, 0.25) is 11.7 Å². The van der Waals surface area contributed by atoms with Crippen LogP contribution in [0.5, 0.6) is 0 Å². The lowest BCUT2D eigenvalue weighted by molar-refractivity contribution is 0.0926. The molecule has 0 aromatic carbocycles. The van der Waals surface area contributed by atoms with Gasteiger partial charge in [-0.2, -0.15) is 0 Å². The second kappa shape index (κ2) is 6.46. The number of anilines is 1. The third kappa shape index (κ3) is 3.02. The Labute approximate surface area is 145 Å². The van der Waals surface area contributed by atoms with Crippen LogP contribution in [0.15, 0.2) is 36.9 Å². The van der Waals surface area contributed by atoms with Gasteiger partial charge in [0.1, 0.15) is 5.69 Å². The van der Waals surface area contributed by atoms with Crippen molar-refractivity contribution in [1.29, 1.82) is 0 Å². The number of hydrogen-bond acceptors (Lipinski definition) is 6. The molecule has 4 heterocycles. The molecule has 4 rings (SSSR count).